The summed E-state index contributed by atoms with van der Waals surface area (Å²) in [5.74, 6) is -0.321. The molecule has 0 fully saturated rings. The third kappa shape index (κ3) is 4.15. The Hall–Kier alpha value is -3.74. The molecule has 30 heavy (non-hydrogen) atoms. The third-order valence-electron chi connectivity index (χ3n) is 4.63. The summed E-state index contributed by atoms with van der Waals surface area (Å²) in [5, 5.41) is 3.55. The number of pyridine rings is 2. The van der Waals surface area contributed by atoms with Crippen LogP contribution < -0.4 is 5.32 Å². The fourth-order valence-electron chi connectivity index (χ4n) is 3.13. The molecular weight excluding hydrogens is 391 g/mol. The van der Waals surface area contributed by atoms with Crippen molar-refractivity contribution in [2.45, 2.75) is 12.7 Å². The second-order valence-electron chi connectivity index (χ2n) is 6.70. The number of nitrogens with one attached hydrogen (secondary N) is 1. The van der Waals surface area contributed by atoms with Crippen molar-refractivity contribution in [2.75, 3.05) is 0 Å². The number of halogens is 3. The summed E-state index contributed by atoms with van der Waals surface area (Å²) in [4.78, 5) is 21.3. The van der Waals surface area contributed by atoms with Gasteiger partial charge in [0.2, 0.25) is 0 Å². The van der Waals surface area contributed by atoms with Gasteiger partial charge in [0.15, 0.2) is 0 Å². The van der Waals surface area contributed by atoms with Gasteiger partial charge in [0.25, 0.3) is 5.91 Å². The standard InChI is InChI=1S/C23H16F3N3O/c24-23(25,26)18-7-1-6-17(12-18)20-10-9-16-5-2-8-19(21(16)29-20)22(30)28-14-15-4-3-11-27-13-15/h1-13H,14H2,(H,28,30). The van der Waals surface area contributed by atoms with Gasteiger partial charge in [0.05, 0.1) is 22.3 Å². The lowest BCUT2D eigenvalue weighted by atomic mass is 10.0. The highest BCUT2D eigenvalue weighted by molar-refractivity contribution is 6.05. The summed E-state index contributed by atoms with van der Waals surface area (Å²) in [6.07, 6.45) is -1.13. The maximum Gasteiger partial charge on any atom is 0.416 e. The van der Waals surface area contributed by atoms with Crippen molar-refractivity contribution in [1.29, 1.82) is 0 Å². The van der Waals surface area contributed by atoms with E-state index in [1.807, 2.05) is 6.07 Å². The van der Waals surface area contributed by atoms with Crippen LogP contribution in [0.5, 0.6) is 0 Å². The Labute approximate surface area is 170 Å². The van der Waals surface area contributed by atoms with E-state index in [9.17, 15) is 18.0 Å². The van der Waals surface area contributed by atoms with Crippen molar-refractivity contribution in [3.8, 4) is 11.3 Å². The molecule has 0 aliphatic carbocycles. The average molecular weight is 407 g/mol. The molecule has 0 radical (unpaired) electrons. The number of carbonyl (C=O) groups excluding carboxylic acids is 1. The molecule has 0 saturated carbocycles. The number of amides is 1. The average Bonchev–Trinajstić information content (AvgIpc) is 2.77. The Balaban J connectivity index is 1.68. The topological polar surface area (TPSA) is 54.9 Å². The van der Waals surface area contributed by atoms with E-state index in [1.54, 1.807) is 54.9 Å². The summed E-state index contributed by atoms with van der Waals surface area (Å²) in [6.45, 7) is 0.302. The summed E-state index contributed by atoms with van der Waals surface area (Å²) >= 11 is 0. The van der Waals surface area contributed by atoms with Crippen LogP contribution in [0, 0.1) is 0 Å². The number of hydrogen-bond donors (Lipinski definition) is 1. The third-order valence-corrected chi connectivity index (χ3v) is 4.63. The van der Waals surface area contributed by atoms with E-state index in [0.717, 1.165) is 23.1 Å². The smallest absolute Gasteiger partial charge is 0.348 e. The van der Waals surface area contributed by atoms with E-state index in [0.29, 0.717) is 28.9 Å². The first-order chi connectivity index (χ1) is 14.4. The molecule has 0 unspecified atom stereocenters. The van der Waals surface area contributed by atoms with Crippen LogP contribution >= 0.6 is 0 Å². The van der Waals surface area contributed by atoms with Crippen LogP contribution in [0.3, 0.4) is 0 Å². The van der Waals surface area contributed by atoms with E-state index in [-0.39, 0.29) is 5.91 Å². The van der Waals surface area contributed by atoms with Gasteiger partial charge in [-0.1, -0.05) is 36.4 Å². The van der Waals surface area contributed by atoms with Gasteiger partial charge in [0.1, 0.15) is 0 Å². The zero-order chi connectivity index (χ0) is 21.1. The monoisotopic (exact) mass is 407 g/mol. The van der Waals surface area contributed by atoms with Crippen molar-refractivity contribution in [3.05, 3.63) is 95.8 Å². The molecular formula is C23H16F3N3O. The Kier molecular flexibility index (Phi) is 5.18. The Morgan fingerprint density at radius 1 is 0.967 bits per heavy atom. The highest BCUT2D eigenvalue weighted by Crippen LogP contribution is 2.32. The van der Waals surface area contributed by atoms with E-state index in [2.05, 4.69) is 15.3 Å². The molecule has 0 aliphatic rings. The molecule has 2 aromatic carbocycles. The molecule has 1 N–H and O–H groups in total. The fraction of sp³-hybridized carbons (Fsp3) is 0.0870. The summed E-state index contributed by atoms with van der Waals surface area (Å²) in [5.41, 5.74) is 1.58. The molecule has 0 atom stereocenters. The lowest BCUT2D eigenvalue weighted by molar-refractivity contribution is -0.137. The maximum absolute atomic E-state index is 13.1. The van der Waals surface area contributed by atoms with Gasteiger partial charge >= 0.3 is 6.18 Å². The summed E-state index contributed by atoms with van der Waals surface area (Å²) in [7, 11) is 0. The van der Waals surface area contributed by atoms with Crippen molar-refractivity contribution < 1.29 is 18.0 Å². The Morgan fingerprint density at radius 2 is 1.80 bits per heavy atom. The lowest BCUT2D eigenvalue weighted by Gasteiger charge is -2.11. The molecule has 150 valence electrons. The SMILES string of the molecule is O=C(NCc1cccnc1)c1cccc2ccc(-c3cccc(C(F)(F)F)c3)nc12. The largest absolute Gasteiger partial charge is 0.416 e. The van der Waals surface area contributed by atoms with Gasteiger partial charge in [-0.2, -0.15) is 13.2 Å². The number of alkyl halides is 3. The summed E-state index contributed by atoms with van der Waals surface area (Å²) < 4.78 is 39.2. The van der Waals surface area contributed by atoms with Crippen LogP contribution in [-0.4, -0.2) is 15.9 Å². The van der Waals surface area contributed by atoms with Crippen LogP contribution in [-0.2, 0) is 12.7 Å². The summed E-state index contributed by atoms with van der Waals surface area (Å²) in [6, 6.07) is 17.2. The first-order valence-electron chi connectivity index (χ1n) is 9.16. The number of carbonyl (C=O) groups is 1. The van der Waals surface area contributed by atoms with E-state index in [4.69, 9.17) is 0 Å². The fourth-order valence-corrected chi connectivity index (χ4v) is 3.13. The lowest BCUT2D eigenvalue weighted by Crippen LogP contribution is -2.23. The maximum atomic E-state index is 13.1. The minimum atomic E-state index is -4.44. The van der Waals surface area contributed by atoms with Crippen LogP contribution in [0.4, 0.5) is 13.2 Å². The van der Waals surface area contributed by atoms with E-state index < -0.39 is 11.7 Å². The van der Waals surface area contributed by atoms with Crippen LogP contribution in [0.25, 0.3) is 22.2 Å². The molecule has 4 rings (SSSR count). The predicted octanol–water partition coefficient (Wildman–Crippen LogP) is 5.25. The Morgan fingerprint density at radius 3 is 2.57 bits per heavy atom. The molecule has 0 saturated heterocycles. The quantitative estimate of drug-likeness (QED) is 0.503. The Bertz CT molecular complexity index is 1210. The number of para-hydroxylation sites is 1. The van der Waals surface area contributed by atoms with Crippen molar-refractivity contribution in [3.63, 3.8) is 0 Å². The van der Waals surface area contributed by atoms with E-state index in [1.165, 1.54) is 6.07 Å². The predicted molar refractivity (Wildman–Crippen MR) is 108 cm³/mol. The normalized spacial score (nSPS) is 11.4. The van der Waals surface area contributed by atoms with Gasteiger partial charge in [-0.05, 0) is 35.9 Å². The minimum Gasteiger partial charge on any atom is -0.348 e. The van der Waals surface area contributed by atoms with E-state index >= 15 is 0 Å². The second-order valence-corrected chi connectivity index (χ2v) is 6.70. The van der Waals surface area contributed by atoms with Crippen LogP contribution in [0.15, 0.2) is 79.1 Å². The van der Waals surface area contributed by atoms with Crippen molar-refractivity contribution >= 4 is 16.8 Å². The zero-order valence-electron chi connectivity index (χ0n) is 15.6. The molecule has 7 heteroatoms. The minimum absolute atomic E-state index is 0.302. The van der Waals surface area contributed by atoms with Gasteiger partial charge in [-0.25, -0.2) is 4.98 Å². The molecule has 4 aromatic rings. The molecule has 1 amide bonds. The highest BCUT2D eigenvalue weighted by atomic mass is 19.4. The first-order valence-corrected chi connectivity index (χ1v) is 9.16. The molecule has 2 aromatic heterocycles. The van der Waals surface area contributed by atoms with Gasteiger partial charge in [0, 0.05) is 29.9 Å². The first kappa shape index (κ1) is 19.6. The van der Waals surface area contributed by atoms with Gasteiger partial charge < -0.3 is 5.32 Å². The molecule has 0 bridgehead atoms. The molecule has 4 nitrogen and oxygen atoms in total. The number of benzene rings is 2. The number of nitrogens with zero attached hydrogens (tertiary/aromatic N) is 2. The molecule has 0 spiro atoms. The highest BCUT2D eigenvalue weighted by Gasteiger charge is 2.30. The number of aromatic nitrogens is 2. The second kappa shape index (κ2) is 7.94. The van der Waals surface area contributed by atoms with Gasteiger partial charge in [-0.15, -0.1) is 0 Å². The molecule has 0 aliphatic heterocycles. The zero-order valence-corrected chi connectivity index (χ0v) is 15.6. The van der Waals surface area contributed by atoms with Crippen molar-refractivity contribution in [1.82, 2.24) is 15.3 Å². The number of fused-ring (bicyclic) bond motifs is 1. The molecule has 2 heterocycles. The number of hydrogen-bond acceptors (Lipinski definition) is 3. The van der Waals surface area contributed by atoms with Gasteiger partial charge in [-0.3, -0.25) is 9.78 Å². The van der Waals surface area contributed by atoms with Crippen LogP contribution in [0.2, 0.25) is 0 Å². The van der Waals surface area contributed by atoms with Crippen LogP contribution in [0.1, 0.15) is 21.5 Å². The number of rotatable bonds is 4. The van der Waals surface area contributed by atoms with Crippen molar-refractivity contribution in [2.24, 2.45) is 0 Å².